The van der Waals surface area contributed by atoms with Gasteiger partial charge in [-0.3, -0.25) is 4.79 Å². The summed E-state index contributed by atoms with van der Waals surface area (Å²) >= 11 is 0. The van der Waals surface area contributed by atoms with Crippen molar-refractivity contribution < 1.29 is 9.53 Å². The Bertz CT molecular complexity index is 230. The van der Waals surface area contributed by atoms with E-state index < -0.39 is 0 Å². The summed E-state index contributed by atoms with van der Waals surface area (Å²) in [5, 5.41) is 3.26. The third-order valence-electron chi connectivity index (χ3n) is 2.82. The van der Waals surface area contributed by atoms with Gasteiger partial charge in [0.15, 0.2) is 0 Å². The summed E-state index contributed by atoms with van der Waals surface area (Å²) in [6, 6.07) is 0.0884. The van der Waals surface area contributed by atoms with E-state index in [1.807, 2.05) is 13.8 Å². The number of nitrogens with one attached hydrogen (secondary N) is 1. The Kier molecular flexibility index (Phi) is 9.02. The molecule has 0 bridgehead atoms. The SMILES string of the molecule is CCN(CCC(NC(C)C)C(=O)OC)CC(C)C. The van der Waals surface area contributed by atoms with Crippen LogP contribution in [0.25, 0.3) is 0 Å². The summed E-state index contributed by atoms with van der Waals surface area (Å²) in [6.07, 6.45) is 0.797. The molecule has 0 aromatic heterocycles. The Labute approximate surface area is 112 Å². The highest BCUT2D eigenvalue weighted by atomic mass is 16.5. The summed E-state index contributed by atoms with van der Waals surface area (Å²) in [7, 11) is 1.45. The van der Waals surface area contributed by atoms with Crippen LogP contribution in [0.2, 0.25) is 0 Å². The van der Waals surface area contributed by atoms with Crippen molar-refractivity contribution in [2.75, 3.05) is 26.7 Å². The van der Waals surface area contributed by atoms with Crippen molar-refractivity contribution in [3.05, 3.63) is 0 Å². The molecule has 18 heavy (non-hydrogen) atoms. The van der Waals surface area contributed by atoms with Gasteiger partial charge in [0.05, 0.1) is 7.11 Å². The minimum atomic E-state index is -0.198. The van der Waals surface area contributed by atoms with E-state index in [0.717, 1.165) is 26.1 Å². The maximum absolute atomic E-state index is 11.7. The fourth-order valence-electron chi connectivity index (χ4n) is 2.02. The number of nitrogens with zero attached hydrogens (tertiary/aromatic N) is 1. The Morgan fingerprint density at radius 2 is 1.89 bits per heavy atom. The number of esters is 1. The average molecular weight is 258 g/mol. The maximum Gasteiger partial charge on any atom is 0.322 e. The van der Waals surface area contributed by atoms with Crippen LogP contribution in [0, 0.1) is 5.92 Å². The first kappa shape index (κ1) is 17.4. The van der Waals surface area contributed by atoms with Crippen LogP contribution >= 0.6 is 0 Å². The fraction of sp³-hybridized carbons (Fsp3) is 0.929. The molecule has 0 spiro atoms. The molecule has 0 saturated carbocycles. The number of methoxy groups -OCH3 is 1. The normalized spacial score (nSPS) is 13.4. The van der Waals surface area contributed by atoms with E-state index in [0.29, 0.717) is 5.92 Å². The van der Waals surface area contributed by atoms with Crippen molar-refractivity contribution in [2.45, 2.75) is 53.1 Å². The standard InChI is InChI=1S/C14H30N2O2/c1-7-16(10-11(2)3)9-8-13(14(17)18-6)15-12(4)5/h11-13,15H,7-10H2,1-6H3. The third-order valence-corrected chi connectivity index (χ3v) is 2.82. The Balaban J connectivity index is 4.26. The maximum atomic E-state index is 11.7. The molecule has 0 aliphatic carbocycles. The second-order valence-corrected chi connectivity index (χ2v) is 5.47. The number of carbonyl (C=O) groups is 1. The van der Waals surface area contributed by atoms with E-state index >= 15 is 0 Å². The molecule has 0 aromatic carbocycles. The van der Waals surface area contributed by atoms with E-state index in [4.69, 9.17) is 4.74 Å². The molecular formula is C14H30N2O2. The van der Waals surface area contributed by atoms with Crippen molar-refractivity contribution in [3.8, 4) is 0 Å². The first-order chi connectivity index (χ1) is 8.40. The van der Waals surface area contributed by atoms with Crippen molar-refractivity contribution in [1.82, 2.24) is 10.2 Å². The van der Waals surface area contributed by atoms with E-state index in [9.17, 15) is 4.79 Å². The summed E-state index contributed by atoms with van der Waals surface area (Å²) in [5.41, 5.74) is 0. The molecule has 0 heterocycles. The van der Waals surface area contributed by atoms with Crippen molar-refractivity contribution in [2.24, 2.45) is 5.92 Å². The van der Waals surface area contributed by atoms with Gasteiger partial charge in [-0.05, 0) is 18.9 Å². The molecule has 0 amide bonds. The molecule has 4 heteroatoms. The van der Waals surface area contributed by atoms with Crippen LogP contribution in [-0.4, -0.2) is 49.7 Å². The molecule has 0 aliphatic rings. The van der Waals surface area contributed by atoms with Crippen LogP contribution in [0.1, 0.15) is 41.0 Å². The number of ether oxygens (including phenoxy) is 1. The monoisotopic (exact) mass is 258 g/mol. The Hall–Kier alpha value is -0.610. The number of rotatable bonds is 9. The van der Waals surface area contributed by atoms with Crippen LogP contribution < -0.4 is 5.32 Å². The van der Waals surface area contributed by atoms with Gasteiger partial charge in [-0.2, -0.15) is 0 Å². The van der Waals surface area contributed by atoms with Crippen molar-refractivity contribution in [3.63, 3.8) is 0 Å². The van der Waals surface area contributed by atoms with Gasteiger partial charge < -0.3 is 15.0 Å². The molecule has 0 radical (unpaired) electrons. The summed E-state index contributed by atoms with van der Waals surface area (Å²) < 4.78 is 4.84. The Morgan fingerprint density at radius 3 is 2.28 bits per heavy atom. The first-order valence-electron chi connectivity index (χ1n) is 6.96. The average Bonchev–Trinajstić information content (AvgIpc) is 2.30. The second kappa shape index (κ2) is 9.34. The number of hydrogen-bond acceptors (Lipinski definition) is 4. The van der Waals surface area contributed by atoms with Gasteiger partial charge >= 0.3 is 5.97 Å². The zero-order valence-electron chi connectivity index (χ0n) is 12.8. The van der Waals surface area contributed by atoms with E-state index in [1.165, 1.54) is 7.11 Å². The molecule has 0 saturated heterocycles. The second-order valence-electron chi connectivity index (χ2n) is 5.47. The van der Waals surface area contributed by atoms with Gasteiger partial charge in [-0.1, -0.05) is 34.6 Å². The number of carbonyl (C=O) groups excluding carboxylic acids is 1. The van der Waals surface area contributed by atoms with Crippen LogP contribution in [0.4, 0.5) is 0 Å². The Morgan fingerprint density at radius 1 is 1.28 bits per heavy atom. The van der Waals surface area contributed by atoms with E-state index in [2.05, 4.69) is 31.0 Å². The van der Waals surface area contributed by atoms with E-state index in [1.54, 1.807) is 0 Å². The molecule has 108 valence electrons. The van der Waals surface area contributed by atoms with Gasteiger partial charge in [0.2, 0.25) is 0 Å². The van der Waals surface area contributed by atoms with Crippen molar-refractivity contribution in [1.29, 1.82) is 0 Å². The predicted octanol–water partition coefficient (Wildman–Crippen LogP) is 1.89. The van der Waals surface area contributed by atoms with Crippen LogP contribution in [0.15, 0.2) is 0 Å². The molecule has 1 N–H and O–H groups in total. The quantitative estimate of drug-likeness (QED) is 0.641. The zero-order valence-corrected chi connectivity index (χ0v) is 12.8. The lowest BCUT2D eigenvalue weighted by Gasteiger charge is -2.25. The molecule has 0 aliphatic heterocycles. The molecule has 1 atom stereocenters. The lowest BCUT2D eigenvalue weighted by atomic mass is 10.1. The minimum Gasteiger partial charge on any atom is -0.468 e. The van der Waals surface area contributed by atoms with Gasteiger partial charge in [-0.15, -0.1) is 0 Å². The molecule has 0 fully saturated rings. The van der Waals surface area contributed by atoms with Gasteiger partial charge in [-0.25, -0.2) is 0 Å². The zero-order chi connectivity index (χ0) is 14.1. The highest BCUT2D eigenvalue weighted by molar-refractivity contribution is 5.75. The van der Waals surface area contributed by atoms with Crippen LogP contribution in [0.3, 0.4) is 0 Å². The van der Waals surface area contributed by atoms with Gasteiger partial charge in [0.1, 0.15) is 6.04 Å². The summed E-state index contributed by atoms with van der Waals surface area (Å²) in [4.78, 5) is 14.0. The topological polar surface area (TPSA) is 41.6 Å². The van der Waals surface area contributed by atoms with Crippen LogP contribution in [0.5, 0.6) is 0 Å². The lowest BCUT2D eigenvalue weighted by Crippen LogP contribution is -2.44. The van der Waals surface area contributed by atoms with Gasteiger partial charge in [0, 0.05) is 19.1 Å². The summed E-state index contributed by atoms with van der Waals surface area (Å²) in [6.45, 7) is 13.7. The molecular weight excluding hydrogens is 228 g/mol. The highest BCUT2D eigenvalue weighted by Gasteiger charge is 2.20. The molecule has 0 rings (SSSR count). The molecule has 4 nitrogen and oxygen atoms in total. The molecule has 0 aromatic rings. The van der Waals surface area contributed by atoms with Gasteiger partial charge in [0.25, 0.3) is 0 Å². The smallest absolute Gasteiger partial charge is 0.322 e. The lowest BCUT2D eigenvalue weighted by molar-refractivity contribution is -0.143. The summed E-state index contributed by atoms with van der Waals surface area (Å²) in [5.74, 6) is 0.490. The highest BCUT2D eigenvalue weighted by Crippen LogP contribution is 2.03. The van der Waals surface area contributed by atoms with E-state index in [-0.39, 0.29) is 18.1 Å². The van der Waals surface area contributed by atoms with Crippen molar-refractivity contribution >= 4 is 5.97 Å². The molecule has 1 unspecified atom stereocenters. The fourth-order valence-corrected chi connectivity index (χ4v) is 2.02. The largest absolute Gasteiger partial charge is 0.468 e. The predicted molar refractivity (Wildman–Crippen MR) is 75.6 cm³/mol. The number of hydrogen-bond donors (Lipinski definition) is 1. The minimum absolute atomic E-state index is 0.163. The first-order valence-corrected chi connectivity index (χ1v) is 6.96. The van der Waals surface area contributed by atoms with Crippen LogP contribution in [-0.2, 0) is 9.53 Å². The third kappa shape index (κ3) is 7.67.